The first-order valence-corrected chi connectivity index (χ1v) is 8.97. The molecule has 0 atom stereocenters. The summed E-state index contributed by atoms with van der Waals surface area (Å²) in [5.74, 6) is 0.653. The number of rotatable bonds is 7. The van der Waals surface area contributed by atoms with Crippen molar-refractivity contribution in [2.45, 2.75) is 19.4 Å². The molecule has 0 saturated carbocycles. The monoisotopic (exact) mass is 389 g/mol. The minimum atomic E-state index is -0.358. The fourth-order valence-electron chi connectivity index (χ4n) is 3.06. The van der Waals surface area contributed by atoms with Gasteiger partial charge in [-0.1, -0.05) is 22.8 Å². The Morgan fingerprint density at radius 2 is 2.04 bits per heavy atom. The molecule has 1 aliphatic rings. The fourth-order valence-corrected chi connectivity index (χ4v) is 3.25. The van der Waals surface area contributed by atoms with Crippen molar-refractivity contribution in [1.82, 2.24) is 0 Å². The average molecular weight is 390 g/mol. The Hall–Kier alpha value is -2.80. The maximum Gasteiger partial charge on any atom is 0.293 e. The summed E-state index contributed by atoms with van der Waals surface area (Å²) in [6.45, 7) is 1.87. The highest BCUT2D eigenvalue weighted by Crippen LogP contribution is 2.31. The zero-order valence-electron chi connectivity index (χ0n) is 14.9. The van der Waals surface area contributed by atoms with Crippen molar-refractivity contribution < 1.29 is 14.5 Å². The SMILES string of the molecule is COc1ccc(Cl)cc1CON=Cc1ccc(N2CCCC2)c([N+](=O)[O-])c1. The molecule has 0 aromatic heterocycles. The first-order chi connectivity index (χ1) is 13.1. The Bertz CT molecular complexity index is 851. The second-order valence-electron chi connectivity index (χ2n) is 6.16. The zero-order chi connectivity index (χ0) is 19.2. The van der Waals surface area contributed by atoms with Gasteiger partial charge >= 0.3 is 0 Å². The maximum absolute atomic E-state index is 11.4. The van der Waals surface area contributed by atoms with Gasteiger partial charge in [0.1, 0.15) is 18.0 Å². The van der Waals surface area contributed by atoms with Crippen molar-refractivity contribution in [2.24, 2.45) is 5.16 Å². The highest BCUT2D eigenvalue weighted by atomic mass is 35.5. The largest absolute Gasteiger partial charge is 0.496 e. The highest BCUT2D eigenvalue weighted by Gasteiger charge is 2.22. The molecule has 1 heterocycles. The van der Waals surface area contributed by atoms with Crippen molar-refractivity contribution in [3.63, 3.8) is 0 Å². The van der Waals surface area contributed by atoms with Crippen LogP contribution in [0.3, 0.4) is 0 Å². The highest BCUT2D eigenvalue weighted by molar-refractivity contribution is 6.30. The summed E-state index contributed by atoms with van der Waals surface area (Å²) in [6.07, 6.45) is 3.57. The number of oxime groups is 1. The number of nitrogens with zero attached hydrogens (tertiary/aromatic N) is 3. The third kappa shape index (κ3) is 4.68. The standard InChI is InChI=1S/C19H20ClN3O4/c1-26-19-7-5-16(20)11-15(19)13-27-21-12-14-4-6-17(18(10-14)23(24)25)22-8-2-3-9-22/h4-7,10-12H,2-3,8-9,13H2,1H3. The van der Waals surface area contributed by atoms with E-state index in [0.29, 0.717) is 22.0 Å². The van der Waals surface area contributed by atoms with Crippen LogP contribution in [-0.4, -0.2) is 31.3 Å². The molecule has 0 bridgehead atoms. The minimum Gasteiger partial charge on any atom is -0.496 e. The maximum atomic E-state index is 11.4. The van der Waals surface area contributed by atoms with E-state index < -0.39 is 0 Å². The Kier molecular flexibility index (Phi) is 6.13. The molecule has 1 aliphatic heterocycles. The number of halogens is 1. The minimum absolute atomic E-state index is 0.0809. The van der Waals surface area contributed by atoms with E-state index in [9.17, 15) is 10.1 Å². The molecule has 2 aromatic carbocycles. The summed E-state index contributed by atoms with van der Waals surface area (Å²) in [4.78, 5) is 18.4. The van der Waals surface area contributed by atoms with Crippen LogP contribution in [0.1, 0.15) is 24.0 Å². The van der Waals surface area contributed by atoms with Crippen molar-refractivity contribution in [1.29, 1.82) is 0 Å². The van der Waals surface area contributed by atoms with Gasteiger partial charge in [-0.2, -0.15) is 0 Å². The van der Waals surface area contributed by atoms with Crippen LogP contribution in [0.5, 0.6) is 5.75 Å². The number of benzene rings is 2. The van der Waals surface area contributed by atoms with E-state index in [-0.39, 0.29) is 17.2 Å². The Labute approximate surface area is 162 Å². The second-order valence-corrected chi connectivity index (χ2v) is 6.60. The molecular formula is C19H20ClN3O4. The van der Waals surface area contributed by atoms with Gasteiger partial charge in [0, 0.05) is 35.3 Å². The average Bonchev–Trinajstić information content (AvgIpc) is 3.20. The second kappa shape index (κ2) is 8.73. The van der Waals surface area contributed by atoms with Gasteiger partial charge in [0.15, 0.2) is 0 Å². The Morgan fingerprint density at radius 1 is 1.26 bits per heavy atom. The summed E-state index contributed by atoms with van der Waals surface area (Å²) in [5.41, 5.74) is 2.09. The fraction of sp³-hybridized carbons (Fsp3) is 0.316. The van der Waals surface area contributed by atoms with Crippen LogP contribution in [0.4, 0.5) is 11.4 Å². The first-order valence-electron chi connectivity index (χ1n) is 8.59. The van der Waals surface area contributed by atoms with Gasteiger partial charge in [-0.3, -0.25) is 10.1 Å². The Balaban J connectivity index is 1.69. The van der Waals surface area contributed by atoms with Crippen LogP contribution >= 0.6 is 11.6 Å². The number of nitro groups is 1. The molecule has 3 rings (SSSR count). The lowest BCUT2D eigenvalue weighted by Crippen LogP contribution is -2.18. The van der Waals surface area contributed by atoms with E-state index in [4.69, 9.17) is 21.2 Å². The molecule has 0 unspecified atom stereocenters. The molecule has 142 valence electrons. The summed E-state index contributed by atoms with van der Waals surface area (Å²) in [7, 11) is 1.57. The van der Waals surface area contributed by atoms with E-state index in [1.165, 1.54) is 12.3 Å². The van der Waals surface area contributed by atoms with Crippen molar-refractivity contribution in [2.75, 3.05) is 25.1 Å². The van der Waals surface area contributed by atoms with Gasteiger partial charge in [-0.15, -0.1) is 0 Å². The van der Waals surface area contributed by atoms with Gasteiger partial charge in [0.05, 0.1) is 18.2 Å². The lowest BCUT2D eigenvalue weighted by Gasteiger charge is -2.17. The predicted octanol–water partition coefficient (Wildman–Crippen LogP) is 4.41. The quantitative estimate of drug-likeness (QED) is 0.398. The van der Waals surface area contributed by atoms with E-state index in [1.807, 2.05) is 4.90 Å². The van der Waals surface area contributed by atoms with Crippen LogP contribution < -0.4 is 9.64 Å². The molecule has 2 aromatic rings. The zero-order valence-corrected chi connectivity index (χ0v) is 15.7. The number of methoxy groups -OCH3 is 1. The molecule has 0 amide bonds. The molecule has 27 heavy (non-hydrogen) atoms. The smallest absolute Gasteiger partial charge is 0.293 e. The van der Waals surface area contributed by atoms with E-state index in [0.717, 1.165) is 31.5 Å². The number of ether oxygens (including phenoxy) is 1. The summed E-state index contributed by atoms with van der Waals surface area (Å²) >= 11 is 5.98. The van der Waals surface area contributed by atoms with Crippen LogP contribution in [-0.2, 0) is 11.4 Å². The third-order valence-corrected chi connectivity index (χ3v) is 4.62. The molecule has 1 fully saturated rings. The number of nitro benzene ring substituents is 1. The normalized spacial score (nSPS) is 13.9. The third-order valence-electron chi connectivity index (χ3n) is 4.38. The summed E-state index contributed by atoms with van der Waals surface area (Å²) in [6, 6.07) is 10.3. The van der Waals surface area contributed by atoms with Crippen molar-refractivity contribution >= 4 is 29.2 Å². The molecule has 1 saturated heterocycles. The van der Waals surface area contributed by atoms with Crippen LogP contribution in [0.25, 0.3) is 0 Å². The van der Waals surface area contributed by atoms with Crippen molar-refractivity contribution in [3.05, 3.63) is 62.7 Å². The van der Waals surface area contributed by atoms with Crippen LogP contribution in [0.2, 0.25) is 5.02 Å². The van der Waals surface area contributed by atoms with Gasteiger partial charge in [0.2, 0.25) is 0 Å². The number of hydrogen-bond acceptors (Lipinski definition) is 6. The van der Waals surface area contributed by atoms with Crippen LogP contribution in [0.15, 0.2) is 41.6 Å². The molecular weight excluding hydrogens is 370 g/mol. The summed E-state index contributed by atoms with van der Waals surface area (Å²) in [5, 5.41) is 15.9. The molecule has 8 heteroatoms. The van der Waals surface area contributed by atoms with E-state index >= 15 is 0 Å². The molecule has 0 aliphatic carbocycles. The summed E-state index contributed by atoms with van der Waals surface area (Å²) < 4.78 is 5.25. The topological polar surface area (TPSA) is 77.2 Å². The molecule has 0 N–H and O–H groups in total. The van der Waals surface area contributed by atoms with Gasteiger partial charge < -0.3 is 14.5 Å². The molecule has 7 nitrogen and oxygen atoms in total. The van der Waals surface area contributed by atoms with E-state index in [1.54, 1.807) is 37.4 Å². The lowest BCUT2D eigenvalue weighted by molar-refractivity contribution is -0.384. The van der Waals surface area contributed by atoms with Gasteiger partial charge in [-0.25, -0.2) is 0 Å². The number of anilines is 1. The molecule has 0 spiro atoms. The van der Waals surface area contributed by atoms with Gasteiger partial charge in [-0.05, 0) is 37.1 Å². The van der Waals surface area contributed by atoms with E-state index in [2.05, 4.69) is 5.16 Å². The first kappa shape index (κ1) is 19.0. The molecule has 0 radical (unpaired) electrons. The predicted molar refractivity (Wildman–Crippen MR) is 105 cm³/mol. The number of hydrogen-bond donors (Lipinski definition) is 0. The van der Waals surface area contributed by atoms with Crippen molar-refractivity contribution in [3.8, 4) is 5.75 Å². The Morgan fingerprint density at radius 3 is 2.74 bits per heavy atom. The lowest BCUT2D eigenvalue weighted by atomic mass is 10.1. The van der Waals surface area contributed by atoms with Crippen LogP contribution in [0, 0.1) is 10.1 Å². The van der Waals surface area contributed by atoms with Gasteiger partial charge in [0.25, 0.3) is 5.69 Å².